The minimum Gasteiger partial charge on any atom is -0.497 e. The van der Waals surface area contributed by atoms with E-state index in [0.717, 1.165) is 20.8 Å². The predicted octanol–water partition coefficient (Wildman–Crippen LogP) is 5.80. The summed E-state index contributed by atoms with van der Waals surface area (Å²) >= 11 is 7.87. The maximum absolute atomic E-state index is 14.9. The van der Waals surface area contributed by atoms with Crippen LogP contribution in [-0.4, -0.2) is 37.2 Å². The first-order valence-electron chi connectivity index (χ1n) is 11.3. The summed E-state index contributed by atoms with van der Waals surface area (Å²) in [6.45, 7) is 3.50. The lowest BCUT2D eigenvalue weighted by Gasteiger charge is -2.26. The van der Waals surface area contributed by atoms with Crippen LogP contribution in [0.25, 0.3) is 10.2 Å². The fraction of sp³-hybridized carbons (Fsp3) is 0.240. The number of methoxy groups -OCH3 is 1. The number of carbonyl (C=O) groups excluding carboxylic acids is 1. The van der Waals surface area contributed by atoms with Crippen LogP contribution in [0.15, 0.2) is 48.1 Å². The average Bonchev–Trinajstić information content (AvgIpc) is 3.31. The number of ether oxygens (including phenoxy) is 1. The average molecular weight is 563 g/mol. The fourth-order valence-corrected chi connectivity index (χ4v) is 6.60. The van der Waals surface area contributed by atoms with Crippen molar-refractivity contribution in [2.24, 2.45) is 0 Å². The van der Waals surface area contributed by atoms with E-state index in [-0.39, 0.29) is 34.3 Å². The highest BCUT2D eigenvalue weighted by molar-refractivity contribution is 7.92. The van der Waals surface area contributed by atoms with Gasteiger partial charge in [-0.3, -0.25) is 9.10 Å². The van der Waals surface area contributed by atoms with E-state index in [1.165, 1.54) is 30.8 Å². The predicted molar refractivity (Wildman–Crippen MR) is 145 cm³/mol. The zero-order valence-electron chi connectivity index (χ0n) is 20.3. The number of amides is 1. The number of anilines is 2. The SMILES string of the molecule is CCCS(=O)(=O)N(Cc1ccc(OC)cc1)c1ccc(F)c(NC(=O)c2csc3c(C)ncnc23)c1Cl. The normalized spacial score (nSPS) is 11.5. The Morgan fingerprint density at radius 2 is 1.92 bits per heavy atom. The van der Waals surface area contributed by atoms with Gasteiger partial charge in [0.2, 0.25) is 10.0 Å². The van der Waals surface area contributed by atoms with Crippen LogP contribution in [0.3, 0.4) is 0 Å². The van der Waals surface area contributed by atoms with Gasteiger partial charge in [-0.2, -0.15) is 0 Å². The third-order valence-electron chi connectivity index (χ3n) is 5.64. The lowest BCUT2D eigenvalue weighted by Crippen LogP contribution is -2.33. The number of carbonyl (C=O) groups is 1. The van der Waals surface area contributed by atoms with Crippen molar-refractivity contribution in [2.45, 2.75) is 26.8 Å². The summed E-state index contributed by atoms with van der Waals surface area (Å²) in [5.74, 6) is -0.943. The third-order valence-corrected chi connectivity index (χ3v) is 9.02. The third kappa shape index (κ3) is 5.53. The van der Waals surface area contributed by atoms with Gasteiger partial charge in [0.15, 0.2) is 0 Å². The van der Waals surface area contributed by atoms with E-state index in [0.29, 0.717) is 23.3 Å². The second-order valence-corrected chi connectivity index (χ2v) is 11.4. The molecule has 194 valence electrons. The Bertz CT molecular complexity index is 1560. The number of aromatic nitrogens is 2. The van der Waals surface area contributed by atoms with Crippen LogP contribution in [0, 0.1) is 12.7 Å². The molecule has 0 atom stereocenters. The van der Waals surface area contributed by atoms with Crippen LogP contribution in [0.5, 0.6) is 5.75 Å². The van der Waals surface area contributed by atoms with Gasteiger partial charge in [0.25, 0.3) is 5.91 Å². The van der Waals surface area contributed by atoms with E-state index in [1.54, 1.807) is 43.5 Å². The van der Waals surface area contributed by atoms with Gasteiger partial charge >= 0.3 is 0 Å². The molecule has 1 N–H and O–H groups in total. The minimum atomic E-state index is -3.83. The highest BCUT2D eigenvalue weighted by Crippen LogP contribution is 2.38. The van der Waals surface area contributed by atoms with Crippen LogP contribution in [0.4, 0.5) is 15.8 Å². The second-order valence-electron chi connectivity index (χ2n) is 8.17. The second kappa shape index (κ2) is 11.0. The van der Waals surface area contributed by atoms with Crippen molar-refractivity contribution in [3.63, 3.8) is 0 Å². The maximum Gasteiger partial charge on any atom is 0.258 e. The molecular formula is C25H24ClFN4O4S2. The molecule has 4 aromatic rings. The van der Waals surface area contributed by atoms with Crippen molar-refractivity contribution < 1.29 is 22.3 Å². The van der Waals surface area contributed by atoms with Crippen LogP contribution in [0.2, 0.25) is 5.02 Å². The van der Waals surface area contributed by atoms with Crippen molar-refractivity contribution in [3.05, 3.63) is 75.8 Å². The number of sulfonamides is 1. The van der Waals surface area contributed by atoms with E-state index in [9.17, 15) is 17.6 Å². The Balaban J connectivity index is 1.73. The summed E-state index contributed by atoms with van der Waals surface area (Å²) in [5.41, 5.74) is 1.80. The number of rotatable bonds is 9. The fourth-order valence-electron chi connectivity index (χ4n) is 3.76. The van der Waals surface area contributed by atoms with E-state index < -0.39 is 21.7 Å². The zero-order valence-corrected chi connectivity index (χ0v) is 22.7. The lowest BCUT2D eigenvalue weighted by atomic mass is 10.2. The van der Waals surface area contributed by atoms with Crippen molar-refractivity contribution in [2.75, 3.05) is 22.5 Å². The molecule has 0 fully saturated rings. The summed E-state index contributed by atoms with van der Waals surface area (Å²) in [4.78, 5) is 21.4. The quantitative estimate of drug-likeness (QED) is 0.277. The monoisotopic (exact) mass is 562 g/mol. The largest absolute Gasteiger partial charge is 0.497 e. The molecule has 2 heterocycles. The van der Waals surface area contributed by atoms with Gasteiger partial charge in [-0.1, -0.05) is 30.7 Å². The molecule has 0 radical (unpaired) electrons. The highest BCUT2D eigenvalue weighted by Gasteiger charge is 2.27. The number of benzene rings is 2. The molecule has 12 heteroatoms. The van der Waals surface area contributed by atoms with Crippen LogP contribution >= 0.6 is 22.9 Å². The van der Waals surface area contributed by atoms with Gasteiger partial charge in [-0.05, 0) is 43.2 Å². The molecule has 2 aromatic carbocycles. The summed E-state index contributed by atoms with van der Waals surface area (Å²) in [6.07, 6.45) is 1.72. The summed E-state index contributed by atoms with van der Waals surface area (Å²) < 4.78 is 48.5. The minimum absolute atomic E-state index is 0.0452. The molecular weight excluding hydrogens is 539 g/mol. The number of nitrogens with one attached hydrogen (secondary N) is 1. The van der Waals surface area contributed by atoms with Crippen LogP contribution in [0.1, 0.15) is 35.0 Å². The molecule has 0 aliphatic heterocycles. The van der Waals surface area contributed by atoms with Crippen molar-refractivity contribution >= 4 is 60.5 Å². The molecule has 0 unspecified atom stereocenters. The Morgan fingerprint density at radius 1 is 1.19 bits per heavy atom. The number of fused-ring (bicyclic) bond motifs is 1. The Kier molecular flexibility index (Phi) is 7.96. The first-order valence-corrected chi connectivity index (χ1v) is 14.1. The molecule has 2 aromatic heterocycles. The molecule has 0 aliphatic carbocycles. The molecule has 0 saturated heterocycles. The van der Waals surface area contributed by atoms with Crippen LogP contribution in [-0.2, 0) is 16.6 Å². The first kappa shape index (κ1) is 26.8. The van der Waals surface area contributed by atoms with Gasteiger partial charge in [0.1, 0.15) is 17.9 Å². The molecule has 8 nitrogen and oxygen atoms in total. The molecule has 4 rings (SSSR count). The molecule has 0 saturated carbocycles. The van der Waals surface area contributed by atoms with Gasteiger partial charge < -0.3 is 10.1 Å². The van der Waals surface area contributed by atoms with Gasteiger partial charge in [-0.25, -0.2) is 22.8 Å². The highest BCUT2D eigenvalue weighted by atomic mass is 35.5. The van der Waals surface area contributed by atoms with Gasteiger partial charge in [0, 0.05) is 5.38 Å². The lowest BCUT2D eigenvalue weighted by molar-refractivity contribution is 0.102. The number of halogens is 2. The van der Waals surface area contributed by atoms with Crippen molar-refractivity contribution in [1.29, 1.82) is 0 Å². The van der Waals surface area contributed by atoms with Crippen molar-refractivity contribution in [1.82, 2.24) is 9.97 Å². The molecule has 0 bridgehead atoms. The summed E-state index contributed by atoms with van der Waals surface area (Å²) in [7, 11) is -2.29. The molecule has 37 heavy (non-hydrogen) atoms. The van der Waals surface area contributed by atoms with Crippen LogP contribution < -0.4 is 14.4 Å². The topological polar surface area (TPSA) is 101 Å². The van der Waals surface area contributed by atoms with E-state index in [2.05, 4.69) is 15.3 Å². The number of nitrogens with zero attached hydrogens (tertiary/aromatic N) is 3. The van der Waals surface area contributed by atoms with E-state index >= 15 is 0 Å². The standard InChI is InChI=1S/C25H24ClFN4O4S2/c1-4-11-37(33,34)31(12-16-5-7-17(35-3)8-6-16)20-10-9-19(27)23(21(20)26)30-25(32)18-13-36-24-15(2)28-14-29-22(18)24/h5-10,13-14H,4,11-12H2,1-3H3,(H,30,32). The maximum atomic E-state index is 14.9. The Hall–Kier alpha value is -3.28. The van der Waals surface area contributed by atoms with E-state index in [4.69, 9.17) is 16.3 Å². The smallest absolute Gasteiger partial charge is 0.258 e. The molecule has 0 spiro atoms. The van der Waals surface area contributed by atoms with Gasteiger partial charge in [0.05, 0.1) is 57.3 Å². The molecule has 1 amide bonds. The summed E-state index contributed by atoms with van der Waals surface area (Å²) in [5, 5.41) is 3.89. The van der Waals surface area contributed by atoms with Crippen molar-refractivity contribution in [3.8, 4) is 5.75 Å². The number of hydrogen-bond acceptors (Lipinski definition) is 7. The van der Waals surface area contributed by atoms with E-state index in [1.807, 2.05) is 0 Å². The number of hydrogen-bond donors (Lipinski definition) is 1. The Morgan fingerprint density at radius 3 is 2.59 bits per heavy atom. The zero-order chi connectivity index (χ0) is 26.7. The summed E-state index contributed by atoms with van der Waals surface area (Å²) in [6, 6.07) is 9.28. The Labute approximate surface area is 223 Å². The van der Waals surface area contributed by atoms with Gasteiger partial charge in [-0.15, -0.1) is 11.3 Å². The molecule has 0 aliphatic rings. The first-order chi connectivity index (χ1) is 17.7. The number of aryl methyl sites for hydroxylation is 1. The number of thiophene rings is 1.